The molecule has 3 nitrogen and oxygen atoms in total. The molecule has 0 amide bonds. The zero-order valence-corrected chi connectivity index (χ0v) is 11.2. The molecule has 0 bridgehead atoms. The minimum absolute atomic E-state index is 0.470. The van der Waals surface area contributed by atoms with E-state index in [1.807, 2.05) is 0 Å². The maximum absolute atomic E-state index is 4.67. The maximum atomic E-state index is 4.67. The van der Waals surface area contributed by atoms with Gasteiger partial charge in [0.25, 0.3) is 0 Å². The normalized spacial score (nSPS) is 15.3. The molecule has 1 aliphatic rings. The smallest absolute Gasteiger partial charge is 0.131 e. The highest BCUT2D eigenvalue weighted by molar-refractivity contribution is 5.37. The zero-order chi connectivity index (χ0) is 12.3. The first kappa shape index (κ1) is 12.3. The summed E-state index contributed by atoms with van der Waals surface area (Å²) in [5.74, 6) is 3.34. The molecule has 0 spiro atoms. The van der Waals surface area contributed by atoms with Crippen LogP contribution in [0.2, 0.25) is 0 Å². The third kappa shape index (κ3) is 3.69. The molecular weight excluding hydrogens is 210 g/mol. The van der Waals surface area contributed by atoms with Crippen LogP contribution in [0.4, 0.5) is 5.82 Å². The average molecular weight is 233 g/mol. The fourth-order valence-electron chi connectivity index (χ4n) is 1.83. The van der Waals surface area contributed by atoms with E-state index in [-0.39, 0.29) is 0 Å². The van der Waals surface area contributed by atoms with Crippen molar-refractivity contribution in [3.05, 3.63) is 17.6 Å². The lowest BCUT2D eigenvalue weighted by atomic mass is 10.1. The fourth-order valence-corrected chi connectivity index (χ4v) is 1.83. The van der Waals surface area contributed by atoms with Crippen LogP contribution in [0.25, 0.3) is 0 Å². The van der Waals surface area contributed by atoms with Gasteiger partial charge in [-0.3, -0.25) is 0 Å². The molecule has 0 aromatic carbocycles. The van der Waals surface area contributed by atoms with Crippen molar-refractivity contribution in [3.63, 3.8) is 0 Å². The number of aromatic nitrogens is 2. The number of nitrogens with one attached hydrogen (secondary N) is 1. The van der Waals surface area contributed by atoms with Crippen molar-refractivity contribution in [1.29, 1.82) is 0 Å². The van der Waals surface area contributed by atoms with E-state index in [1.54, 1.807) is 0 Å². The number of anilines is 1. The number of hydrogen-bond acceptors (Lipinski definition) is 3. The molecule has 1 aliphatic carbocycles. The SMILES string of the molecule is CCCNc1cc(C(C)C)nc(CC2CC2)n1. The Bertz CT molecular complexity index is 370. The van der Waals surface area contributed by atoms with Gasteiger partial charge >= 0.3 is 0 Å². The van der Waals surface area contributed by atoms with Crippen LogP contribution in [0.3, 0.4) is 0 Å². The summed E-state index contributed by atoms with van der Waals surface area (Å²) in [6.45, 7) is 7.53. The Morgan fingerprint density at radius 1 is 1.35 bits per heavy atom. The average Bonchev–Trinajstić information content (AvgIpc) is 3.10. The van der Waals surface area contributed by atoms with E-state index in [0.29, 0.717) is 5.92 Å². The van der Waals surface area contributed by atoms with Crippen molar-refractivity contribution in [2.24, 2.45) is 5.92 Å². The topological polar surface area (TPSA) is 37.8 Å². The molecule has 0 atom stereocenters. The second-order valence-corrected chi connectivity index (χ2v) is 5.32. The van der Waals surface area contributed by atoms with E-state index in [9.17, 15) is 0 Å². The van der Waals surface area contributed by atoms with Crippen LogP contribution in [0.1, 0.15) is 57.5 Å². The lowest BCUT2D eigenvalue weighted by Gasteiger charge is -2.11. The Balaban J connectivity index is 2.14. The van der Waals surface area contributed by atoms with Crippen molar-refractivity contribution in [1.82, 2.24) is 9.97 Å². The van der Waals surface area contributed by atoms with E-state index >= 15 is 0 Å². The lowest BCUT2D eigenvalue weighted by molar-refractivity contribution is 0.733. The van der Waals surface area contributed by atoms with Crippen LogP contribution >= 0.6 is 0 Å². The first-order valence-corrected chi connectivity index (χ1v) is 6.80. The van der Waals surface area contributed by atoms with E-state index in [2.05, 4.69) is 42.1 Å². The predicted octanol–water partition coefficient (Wildman–Crippen LogP) is 3.37. The molecule has 94 valence electrons. The van der Waals surface area contributed by atoms with Gasteiger partial charge in [0.15, 0.2) is 0 Å². The van der Waals surface area contributed by atoms with E-state index < -0.39 is 0 Å². The second kappa shape index (κ2) is 5.48. The highest BCUT2D eigenvalue weighted by atomic mass is 15.0. The Labute approximate surface area is 104 Å². The van der Waals surface area contributed by atoms with Crippen molar-refractivity contribution in [2.75, 3.05) is 11.9 Å². The van der Waals surface area contributed by atoms with E-state index in [0.717, 1.165) is 42.6 Å². The molecule has 1 aromatic heterocycles. The molecule has 0 saturated heterocycles. The summed E-state index contributed by atoms with van der Waals surface area (Å²) in [6, 6.07) is 2.09. The van der Waals surface area contributed by atoms with Gasteiger partial charge in [-0.2, -0.15) is 0 Å². The quantitative estimate of drug-likeness (QED) is 0.818. The summed E-state index contributed by atoms with van der Waals surface area (Å²) in [5, 5.41) is 3.37. The van der Waals surface area contributed by atoms with Gasteiger partial charge in [0.2, 0.25) is 0 Å². The van der Waals surface area contributed by atoms with Gasteiger partial charge in [0.05, 0.1) is 0 Å². The molecule has 1 heterocycles. The molecule has 17 heavy (non-hydrogen) atoms. The number of hydrogen-bond donors (Lipinski definition) is 1. The van der Waals surface area contributed by atoms with Crippen LogP contribution in [-0.4, -0.2) is 16.5 Å². The standard InChI is InChI=1S/C14H23N3/c1-4-7-15-13-9-12(10(2)3)16-14(17-13)8-11-5-6-11/h9-11H,4-8H2,1-3H3,(H,15,16,17). The van der Waals surface area contributed by atoms with Crippen LogP contribution in [-0.2, 0) is 6.42 Å². The number of nitrogens with zero attached hydrogens (tertiary/aromatic N) is 2. The summed E-state index contributed by atoms with van der Waals surface area (Å²) >= 11 is 0. The van der Waals surface area contributed by atoms with Gasteiger partial charge in [0, 0.05) is 24.7 Å². The van der Waals surface area contributed by atoms with E-state index in [1.165, 1.54) is 12.8 Å². The maximum Gasteiger partial charge on any atom is 0.131 e. The first-order chi connectivity index (χ1) is 8.19. The third-order valence-corrected chi connectivity index (χ3v) is 3.11. The van der Waals surface area contributed by atoms with Crippen molar-refractivity contribution >= 4 is 5.82 Å². The molecule has 0 aliphatic heterocycles. The minimum Gasteiger partial charge on any atom is -0.370 e. The summed E-state index contributed by atoms with van der Waals surface area (Å²) < 4.78 is 0. The highest BCUT2D eigenvalue weighted by Crippen LogP contribution is 2.32. The first-order valence-electron chi connectivity index (χ1n) is 6.80. The van der Waals surface area contributed by atoms with Crippen LogP contribution in [0, 0.1) is 5.92 Å². The van der Waals surface area contributed by atoms with Gasteiger partial charge in [-0.1, -0.05) is 20.8 Å². The van der Waals surface area contributed by atoms with Crippen molar-refractivity contribution < 1.29 is 0 Å². The molecule has 1 fully saturated rings. The second-order valence-electron chi connectivity index (χ2n) is 5.32. The van der Waals surface area contributed by atoms with Crippen molar-refractivity contribution in [3.8, 4) is 0 Å². The summed E-state index contributed by atoms with van der Waals surface area (Å²) in [7, 11) is 0. The van der Waals surface area contributed by atoms with Gasteiger partial charge in [-0.15, -0.1) is 0 Å². The van der Waals surface area contributed by atoms with Crippen LogP contribution in [0.5, 0.6) is 0 Å². The molecule has 1 N–H and O–H groups in total. The molecule has 3 heteroatoms. The lowest BCUT2D eigenvalue weighted by Crippen LogP contribution is -2.08. The highest BCUT2D eigenvalue weighted by Gasteiger charge is 2.23. The molecule has 0 unspecified atom stereocenters. The zero-order valence-electron chi connectivity index (χ0n) is 11.2. The Kier molecular flexibility index (Phi) is 3.97. The predicted molar refractivity (Wildman–Crippen MR) is 71.3 cm³/mol. The number of rotatable bonds is 6. The summed E-state index contributed by atoms with van der Waals surface area (Å²) in [6.07, 6.45) is 4.89. The Morgan fingerprint density at radius 3 is 2.71 bits per heavy atom. The Hall–Kier alpha value is -1.12. The third-order valence-electron chi connectivity index (χ3n) is 3.11. The molecular formula is C14H23N3. The van der Waals surface area contributed by atoms with Crippen LogP contribution < -0.4 is 5.32 Å². The van der Waals surface area contributed by atoms with E-state index in [4.69, 9.17) is 0 Å². The monoisotopic (exact) mass is 233 g/mol. The summed E-state index contributed by atoms with van der Waals surface area (Å²) in [5.41, 5.74) is 1.16. The van der Waals surface area contributed by atoms with Crippen LogP contribution in [0.15, 0.2) is 6.07 Å². The summed E-state index contributed by atoms with van der Waals surface area (Å²) in [4.78, 5) is 9.28. The minimum atomic E-state index is 0.470. The molecule has 1 aromatic rings. The van der Waals surface area contributed by atoms with Gasteiger partial charge in [-0.05, 0) is 31.1 Å². The van der Waals surface area contributed by atoms with Crippen molar-refractivity contribution in [2.45, 2.75) is 52.4 Å². The fraction of sp³-hybridized carbons (Fsp3) is 0.714. The molecule has 0 radical (unpaired) electrons. The van der Waals surface area contributed by atoms with Gasteiger partial charge in [0.1, 0.15) is 11.6 Å². The van der Waals surface area contributed by atoms with Gasteiger partial charge < -0.3 is 5.32 Å². The largest absolute Gasteiger partial charge is 0.370 e. The molecule has 1 saturated carbocycles. The van der Waals surface area contributed by atoms with Gasteiger partial charge in [-0.25, -0.2) is 9.97 Å². The Morgan fingerprint density at radius 2 is 2.12 bits per heavy atom. The molecule has 2 rings (SSSR count).